The van der Waals surface area contributed by atoms with Gasteiger partial charge >= 0.3 is 0 Å². The summed E-state index contributed by atoms with van der Waals surface area (Å²) >= 11 is 0. The Balaban J connectivity index is 1.96. The average Bonchev–Trinajstić information content (AvgIpc) is 3.02. The van der Waals surface area contributed by atoms with Crippen LogP contribution in [-0.4, -0.2) is 52.9 Å². The van der Waals surface area contributed by atoms with Crippen LogP contribution in [0.4, 0.5) is 0 Å². The lowest BCUT2D eigenvalue weighted by Crippen LogP contribution is -2.41. The third kappa shape index (κ3) is 9.91. The zero-order valence-corrected chi connectivity index (χ0v) is 16.5. The largest absolute Gasteiger partial charge is 0.493 e. The van der Waals surface area contributed by atoms with Gasteiger partial charge in [0, 0.05) is 0 Å². The number of aliphatic hydroxyl groups excluding tert-OH is 3. The van der Waals surface area contributed by atoms with Crippen molar-refractivity contribution in [2.24, 2.45) is 0 Å². The minimum Gasteiger partial charge on any atom is -0.493 e. The molecule has 1 heterocycles. The summed E-state index contributed by atoms with van der Waals surface area (Å²) < 4.78 is 10.8. The predicted octanol–water partition coefficient (Wildman–Crippen LogP) is 3.70. The molecule has 3 N–H and O–H groups in total. The molecule has 1 aliphatic heterocycles. The Kier molecular flexibility index (Phi) is 13.9. The number of allylic oxidation sites excluding steroid dienone is 1. The first kappa shape index (κ1) is 23.4. The third-order valence-corrected chi connectivity index (χ3v) is 5.04. The van der Waals surface area contributed by atoms with Gasteiger partial charge in [0.25, 0.3) is 0 Å². The zero-order chi connectivity index (χ0) is 19.0. The third-order valence-electron chi connectivity index (χ3n) is 5.04. The summed E-state index contributed by atoms with van der Waals surface area (Å²) in [5.41, 5.74) is 0. The summed E-state index contributed by atoms with van der Waals surface area (Å²) in [4.78, 5) is 0. The monoisotopic (exact) mass is 372 g/mol. The number of rotatable bonds is 16. The Labute approximate surface area is 159 Å². The average molecular weight is 373 g/mol. The molecule has 26 heavy (non-hydrogen) atoms. The molecule has 4 atom stereocenters. The fourth-order valence-corrected chi connectivity index (χ4v) is 3.36. The number of hydrogen-bond donors (Lipinski definition) is 3. The molecule has 0 aromatic heterocycles. The molecule has 0 aromatic rings. The molecule has 1 aliphatic rings. The fourth-order valence-electron chi connectivity index (χ4n) is 3.36. The molecular weight excluding hydrogens is 332 g/mol. The first-order valence-corrected chi connectivity index (χ1v) is 10.6. The van der Waals surface area contributed by atoms with E-state index in [0.717, 1.165) is 12.8 Å². The summed E-state index contributed by atoms with van der Waals surface area (Å²) in [5, 5.41) is 28.5. The normalized spacial score (nSPS) is 24.4. The number of hydrogen-bond acceptors (Lipinski definition) is 5. The second-order valence-electron chi connectivity index (χ2n) is 7.41. The van der Waals surface area contributed by atoms with Gasteiger partial charge in [-0.25, -0.2) is 0 Å². The van der Waals surface area contributed by atoms with Crippen molar-refractivity contribution >= 4 is 0 Å². The van der Waals surface area contributed by atoms with E-state index >= 15 is 0 Å². The molecule has 0 aromatic carbocycles. The van der Waals surface area contributed by atoms with Crippen molar-refractivity contribution < 1.29 is 24.8 Å². The quantitative estimate of drug-likeness (QED) is 0.284. The lowest BCUT2D eigenvalue weighted by molar-refractivity contribution is -0.0721. The van der Waals surface area contributed by atoms with E-state index in [2.05, 4.69) is 6.92 Å². The molecule has 0 spiro atoms. The molecule has 5 heteroatoms. The highest BCUT2D eigenvalue weighted by atomic mass is 16.6. The van der Waals surface area contributed by atoms with Gasteiger partial charge in [0.1, 0.15) is 18.3 Å². The van der Waals surface area contributed by atoms with Crippen molar-refractivity contribution in [2.45, 2.75) is 108 Å². The summed E-state index contributed by atoms with van der Waals surface area (Å²) in [5.74, 6) is 0. The number of aliphatic hydroxyl groups is 3. The van der Waals surface area contributed by atoms with Crippen molar-refractivity contribution in [3.05, 3.63) is 12.3 Å². The van der Waals surface area contributed by atoms with Crippen molar-refractivity contribution in [3.63, 3.8) is 0 Å². The van der Waals surface area contributed by atoms with E-state index in [1.165, 1.54) is 64.2 Å². The summed E-state index contributed by atoms with van der Waals surface area (Å²) in [6.45, 7) is 1.98. The van der Waals surface area contributed by atoms with Gasteiger partial charge in [-0.1, -0.05) is 71.1 Å². The van der Waals surface area contributed by atoms with Crippen LogP contribution in [0.25, 0.3) is 0 Å². The summed E-state index contributed by atoms with van der Waals surface area (Å²) in [6.07, 6.45) is 16.0. The van der Waals surface area contributed by atoms with Crippen LogP contribution in [0.3, 0.4) is 0 Å². The molecule has 0 aliphatic carbocycles. The highest BCUT2D eigenvalue weighted by molar-refractivity contribution is 4.91. The van der Waals surface area contributed by atoms with Gasteiger partial charge < -0.3 is 24.8 Å². The molecule has 0 saturated carbocycles. The second kappa shape index (κ2) is 15.4. The van der Waals surface area contributed by atoms with Crippen LogP contribution in [-0.2, 0) is 9.47 Å². The fraction of sp³-hybridized carbons (Fsp3) is 0.905. The Bertz CT molecular complexity index is 347. The zero-order valence-electron chi connectivity index (χ0n) is 16.5. The lowest BCUT2D eigenvalue weighted by atomic mass is 10.1. The maximum absolute atomic E-state index is 9.83. The van der Waals surface area contributed by atoms with Crippen LogP contribution >= 0.6 is 0 Å². The number of ether oxygens (including phenoxy) is 2. The summed E-state index contributed by atoms with van der Waals surface area (Å²) in [7, 11) is 0. The predicted molar refractivity (Wildman–Crippen MR) is 104 cm³/mol. The van der Waals surface area contributed by atoms with Gasteiger partial charge in [-0.05, 0) is 18.9 Å². The Morgan fingerprint density at radius 2 is 1.58 bits per heavy atom. The highest BCUT2D eigenvalue weighted by Crippen LogP contribution is 2.21. The Morgan fingerprint density at radius 3 is 2.15 bits per heavy atom. The molecule has 1 rings (SSSR count). The van der Waals surface area contributed by atoms with Crippen molar-refractivity contribution in [1.29, 1.82) is 0 Å². The van der Waals surface area contributed by atoms with E-state index in [9.17, 15) is 10.2 Å². The van der Waals surface area contributed by atoms with Crippen LogP contribution < -0.4 is 0 Å². The smallest absolute Gasteiger partial charge is 0.154 e. The van der Waals surface area contributed by atoms with Gasteiger partial charge in [-0.2, -0.15) is 0 Å². The van der Waals surface area contributed by atoms with Crippen molar-refractivity contribution in [3.8, 4) is 0 Å². The highest BCUT2D eigenvalue weighted by Gasteiger charge is 2.41. The van der Waals surface area contributed by atoms with Gasteiger partial charge in [-0.15, -0.1) is 0 Å². The van der Waals surface area contributed by atoms with Crippen LogP contribution in [0.5, 0.6) is 0 Å². The molecule has 0 radical (unpaired) electrons. The van der Waals surface area contributed by atoms with E-state index in [1.807, 2.05) is 6.08 Å². The molecular formula is C21H40O5. The van der Waals surface area contributed by atoms with Crippen molar-refractivity contribution in [1.82, 2.24) is 0 Å². The SMILES string of the molecule is CCCCCCCCCCCCC/C=C/O[C@@H]1[C@H]([C@@H](O)CO)OC[C@H]1O. The van der Waals surface area contributed by atoms with Crippen LogP contribution in [0.1, 0.15) is 84.0 Å². The Morgan fingerprint density at radius 1 is 1.00 bits per heavy atom. The van der Waals surface area contributed by atoms with Gasteiger partial charge in [0.05, 0.1) is 19.5 Å². The second-order valence-corrected chi connectivity index (χ2v) is 7.41. The minimum absolute atomic E-state index is 0.124. The van der Waals surface area contributed by atoms with E-state index in [4.69, 9.17) is 14.6 Å². The topological polar surface area (TPSA) is 79.2 Å². The molecule has 1 saturated heterocycles. The Hall–Kier alpha value is -0.620. The standard InChI is InChI=1S/C21H40O5/c1-2-3-4-5-6-7-8-9-10-11-12-13-14-15-25-21-19(24)17-26-20(21)18(23)16-22/h14-15,18-24H,2-13,16-17H2,1H3/b15-14+/t18-,19+,20-,21-/m0/s1. The molecule has 1 fully saturated rings. The van der Waals surface area contributed by atoms with Crippen LogP contribution in [0.15, 0.2) is 12.3 Å². The first-order valence-electron chi connectivity index (χ1n) is 10.6. The van der Waals surface area contributed by atoms with E-state index in [0.29, 0.717) is 0 Å². The van der Waals surface area contributed by atoms with Crippen LogP contribution in [0, 0.1) is 0 Å². The van der Waals surface area contributed by atoms with Gasteiger partial charge in [0.15, 0.2) is 6.10 Å². The van der Waals surface area contributed by atoms with Crippen LogP contribution in [0.2, 0.25) is 0 Å². The molecule has 0 bridgehead atoms. The van der Waals surface area contributed by atoms with E-state index in [-0.39, 0.29) is 6.61 Å². The van der Waals surface area contributed by atoms with E-state index < -0.39 is 31.0 Å². The molecule has 154 valence electrons. The molecule has 0 unspecified atom stereocenters. The summed E-state index contributed by atoms with van der Waals surface area (Å²) in [6, 6.07) is 0. The van der Waals surface area contributed by atoms with Gasteiger partial charge in [-0.3, -0.25) is 0 Å². The van der Waals surface area contributed by atoms with E-state index in [1.54, 1.807) is 6.26 Å². The molecule has 5 nitrogen and oxygen atoms in total. The number of unbranched alkanes of at least 4 members (excludes halogenated alkanes) is 11. The molecule has 0 amide bonds. The lowest BCUT2D eigenvalue weighted by Gasteiger charge is -2.22. The van der Waals surface area contributed by atoms with Gasteiger partial charge in [0.2, 0.25) is 0 Å². The minimum atomic E-state index is -1.03. The maximum Gasteiger partial charge on any atom is 0.154 e. The van der Waals surface area contributed by atoms with Crippen molar-refractivity contribution in [2.75, 3.05) is 13.2 Å². The maximum atomic E-state index is 9.83. The first-order chi connectivity index (χ1) is 12.7.